The van der Waals surface area contributed by atoms with Crippen molar-refractivity contribution >= 4 is 5.97 Å². The predicted octanol–water partition coefficient (Wildman–Crippen LogP) is 7.51. The second kappa shape index (κ2) is 10.5. The van der Waals surface area contributed by atoms with Gasteiger partial charge in [0.2, 0.25) is 0 Å². The highest BCUT2D eigenvalue weighted by molar-refractivity contribution is 5.87. The van der Waals surface area contributed by atoms with Crippen LogP contribution in [0.3, 0.4) is 0 Å². The van der Waals surface area contributed by atoms with Gasteiger partial charge in [-0.1, -0.05) is 12.1 Å². The summed E-state index contributed by atoms with van der Waals surface area (Å²) in [6, 6.07) is 16.2. The summed E-state index contributed by atoms with van der Waals surface area (Å²) in [6.45, 7) is 1.68. The zero-order valence-electron chi connectivity index (χ0n) is 22.4. The minimum absolute atomic E-state index is 0.0303. The minimum atomic E-state index is -4.71. The number of carboxylic acid groups (broad SMARTS) is 1. The highest BCUT2D eigenvalue weighted by Crippen LogP contribution is 2.44. The number of benzene rings is 3. The van der Waals surface area contributed by atoms with Crippen LogP contribution in [0, 0.1) is 0 Å². The molecular formula is C30H23F5N2O6. The summed E-state index contributed by atoms with van der Waals surface area (Å²) in [6.07, 6.45) is -8.92. The van der Waals surface area contributed by atoms with Gasteiger partial charge in [0.1, 0.15) is 23.7 Å². The third kappa shape index (κ3) is 5.66. The molecule has 6 rings (SSSR count). The van der Waals surface area contributed by atoms with Crippen molar-refractivity contribution in [2.75, 3.05) is 0 Å². The van der Waals surface area contributed by atoms with E-state index in [1.807, 2.05) is 0 Å². The molecule has 224 valence electrons. The van der Waals surface area contributed by atoms with Crippen LogP contribution in [0.1, 0.15) is 64.8 Å². The smallest absolute Gasteiger partial charge is 0.486 e. The van der Waals surface area contributed by atoms with Crippen molar-refractivity contribution in [1.29, 1.82) is 0 Å². The predicted molar refractivity (Wildman–Crippen MR) is 140 cm³/mol. The Hall–Kier alpha value is -4.81. The molecule has 2 heterocycles. The Labute approximate surface area is 241 Å². The highest BCUT2D eigenvalue weighted by atomic mass is 19.4. The molecule has 4 aromatic rings. The molecule has 2 atom stereocenters. The van der Waals surface area contributed by atoms with Gasteiger partial charge in [0, 0.05) is 11.6 Å². The number of rotatable bonds is 7. The molecule has 1 aliphatic carbocycles. The Morgan fingerprint density at radius 1 is 1.05 bits per heavy atom. The Balaban J connectivity index is 1.31. The van der Waals surface area contributed by atoms with Gasteiger partial charge >= 0.3 is 18.4 Å². The van der Waals surface area contributed by atoms with Crippen LogP contribution in [0.4, 0.5) is 22.0 Å². The van der Waals surface area contributed by atoms with Crippen LogP contribution < -0.4 is 18.9 Å². The van der Waals surface area contributed by atoms with E-state index >= 15 is 0 Å². The number of carbonyl (C=O) groups is 1. The molecule has 1 unspecified atom stereocenters. The average Bonchev–Trinajstić information content (AvgIpc) is 3.50. The summed E-state index contributed by atoms with van der Waals surface area (Å²) in [5.74, 6) is -0.768. The first-order chi connectivity index (χ1) is 20.4. The number of hydrogen-bond donors (Lipinski definition) is 1. The van der Waals surface area contributed by atoms with Crippen LogP contribution >= 0.6 is 0 Å². The van der Waals surface area contributed by atoms with E-state index in [0.29, 0.717) is 35.6 Å². The van der Waals surface area contributed by atoms with Gasteiger partial charge in [-0.3, -0.25) is 0 Å². The van der Waals surface area contributed by atoms with Crippen molar-refractivity contribution in [3.05, 3.63) is 94.8 Å². The molecule has 0 bridgehead atoms. The molecular weight excluding hydrogens is 579 g/mol. The van der Waals surface area contributed by atoms with Crippen LogP contribution in [-0.2, 0) is 12.6 Å². The zero-order valence-corrected chi connectivity index (χ0v) is 22.4. The van der Waals surface area contributed by atoms with Gasteiger partial charge in [-0.2, -0.15) is 18.3 Å². The first-order valence-corrected chi connectivity index (χ1v) is 13.2. The minimum Gasteiger partial charge on any atom is -0.486 e. The number of halogens is 5. The van der Waals surface area contributed by atoms with Gasteiger partial charge in [-0.25, -0.2) is 9.48 Å². The Bertz CT molecular complexity index is 1690. The number of aromatic carboxylic acids is 1. The summed E-state index contributed by atoms with van der Waals surface area (Å²) < 4.78 is 91.4. The molecule has 0 saturated heterocycles. The molecule has 0 saturated carbocycles. The molecule has 1 aromatic heterocycles. The average molecular weight is 603 g/mol. The molecule has 0 fully saturated rings. The van der Waals surface area contributed by atoms with E-state index in [9.17, 15) is 26.7 Å². The Kier molecular flexibility index (Phi) is 6.90. The molecule has 43 heavy (non-hydrogen) atoms. The van der Waals surface area contributed by atoms with Crippen molar-refractivity contribution in [2.24, 2.45) is 0 Å². The normalized spacial score (nSPS) is 17.7. The fourth-order valence-electron chi connectivity index (χ4n) is 5.20. The van der Waals surface area contributed by atoms with Crippen LogP contribution in [0.2, 0.25) is 0 Å². The number of alkyl halides is 5. The molecule has 1 N–H and O–H groups in total. The summed E-state index contributed by atoms with van der Waals surface area (Å²) in [7, 11) is 0. The maximum atomic E-state index is 14.1. The SMILES string of the molecule is C[C@@H](Oc1cccc(-n2nc(C(F)(F)F)c3c2C(Oc2ccc(C(=O)O)cc2)CCC3)c1)c1ccc2c(c1)OC(F)(F)O2. The van der Waals surface area contributed by atoms with E-state index in [1.54, 1.807) is 31.2 Å². The number of fused-ring (bicyclic) bond motifs is 2. The van der Waals surface area contributed by atoms with Crippen molar-refractivity contribution in [3.8, 4) is 28.7 Å². The van der Waals surface area contributed by atoms with E-state index in [1.165, 1.54) is 47.1 Å². The van der Waals surface area contributed by atoms with Crippen LogP contribution in [0.15, 0.2) is 66.7 Å². The largest absolute Gasteiger partial charge is 0.586 e. The Morgan fingerprint density at radius 3 is 2.51 bits per heavy atom. The van der Waals surface area contributed by atoms with Crippen molar-refractivity contribution in [1.82, 2.24) is 9.78 Å². The lowest BCUT2D eigenvalue weighted by Crippen LogP contribution is -2.25. The lowest BCUT2D eigenvalue weighted by molar-refractivity contribution is -0.286. The number of ether oxygens (including phenoxy) is 4. The molecule has 0 radical (unpaired) electrons. The van der Waals surface area contributed by atoms with Crippen molar-refractivity contribution < 1.29 is 50.8 Å². The second-order valence-corrected chi connectivity index (χ2v) is 10.1. The van der Waals surface area contributed by atoms with Gasteiger partial charge in [0.25, 0.3) is 0 Å². The van der Waals surface area contributed by atoms with Crippen molar-refractivity contribution in [3.63, 3.8) is 0 Å². The lowest BCUT2D eigenvalue weighted by Gasteiger charge is -2.26. The highest BCUT2D eigenvalue weighted by Gasteiger charge is 2.44. The summed E-state index contributed by atoms with van der Waals surface area (Å²) >= 11 is 0. The first-order valence-electron chi connectivity index (χ1n) is 13.2. The summed E-state index contributed by atoms with van der Waals surface area (Å²) in [5.41, 5.74) is 0.104. The topological polar surface area (TPSA) is 92.0 Å². The fourth-order valence-corrected chi connectivity index (χ4v) is 5.20. The Morgan fingerprint density at radius 2 is 1.79 bits per heavy atom. The van der Waals surface area contributed by atoms with E-state index in [2.05, 4.69) is 14.6 Å². The van der Waals surface area contributed by atoms with Crippen LogP contribution in [0.5, 0.6) is 23.0 Å². The molecule has 8 nitrogen and oxygen atoms in total. The van der Waals surface area contributed by atoms with E-state index in [4.69, 9.17) is 14.6 Å². The quantitative estimate of drug-likeness (QED) is 0.219. The molecule has 3 aromatic carbocycles. The summed E-state index contributed by atoms with van der Waals surface area (Å²) in [5, 5.41) is 13.1. The zero-order chi connectivity index (χ0) is 30.5. The molecule has 0 spiro atoms. The van der Waals surface area contributed by atoms with Crippen molar-refractivity contribution in [2.45, 2.75) is 50.9 Å². The van der Waals surface area contributed by atoms with E-state index in [-0.39, 0.29) is 34.7 Å². The van der Waals surface area contributed by atoms with Crippen LogP contribution in [0.25, 0.3) is 5.69 Å². The third-order valence-corrected chi connectivity index (χ3v) is 7.14. The number of aromatic nitrogens is 2. The number of nitrogens with zero attached hydrogens (tertiary/aromatic N) is 2. The lowest BCUT2D eigenvalue weighted by atomic mass is 9.93. The second-order valence-electron chi connectivity index (χ2n) is 10.1. The first kappa shape index (κ1) is 28.3. The maximum absolute atomic E-state index is 14.1. The monoisotopic (exact) mass is 602 g/mol. The summed E-state index contributed by atoms with van der Waals surface area (Å²) in [4.78, 5) is 11.2. The maximum Gasteiger partial charge on any atom is 0.586 e. The standard InChI is InChI=1S/C30H23F5N2O6/c1-16(18-10-13-23-25(14-18)43-30(34,35)42-23)40-21-5-2-4-19(15-21)37-26-22(27(36-37)29(31,32)33)6-3-7-24(26)41-20-11-8-17(9-12-20)28(38)39/h2,4-5,8-16,24H,3,6-7H2,1H3,(H,38,39)/t16-,24?/m1/s1. The number of hydrogen-bond acceptors (Lipinski definition) is 6. The van der Waals surface area contributed by atoms with Crippen LogP contribution in [-0.4, -0.2) is 27.2 Å². The fraction of sp³-hybridized carbons (Fsp3) is 0.267. The van der Waals surface area contributed by atoms with Gasteiger partial charge in [0.15, 0.2) is 17.2 Å². The molecule has 0 amide bonds. The van der Waals surface area contributed by atoms with E-state index in [0.717, 1.165) is 0 Å². The van der Waals surface area contributed by atoms with Gasteiger partial charge in [-0.05, 0) is 80.3 Å². The molecule has 1 aliphatic heterocycles. The van der Waals surface area contributed by atoms with Gasteiger partial charge < -0.3 is 24.1 Å². The molecule has 13 heteroatoms. The molecule has 2 aliphatic rings. The van der Waals surface area contributed by atoms with Gasteiger partial charge in [0.05, 0.1) is 16.9 Å². The third-order valence-electron chi connectivity index (χ3n) is 7.14. The van der Waals surface area contributed by atoms with Gasteiger partial charge in [-0.15, -0.1) is 8.78 Å². The van der Waals surface area contributed by atoms with E-state index < -0.39 is 36.3 Å². The number of carboxylic acids is 1.